The van der Waals surface area contributed by atoms with E-state index in [1.165, 1.54) is 11.5 Å². The second-order valence-electron chi connectivity index (χ2n) is 2.84. The quantitative estimate of drug-likeness (QED) is 0.858. The van der Waals surface area contributed by atoms with Gasteiger partial charge in [0.15, 0.2) is 0 Å². The van der Waals surface area contributed by atoms with Crippen LogP contribution in [0.1, 0.15) is 4.88 Å². The Balaban J connectivity index is 2.55. The summed E-state index contributed by atoms with van der Waals surface area (Å²) in [6, 6.07) is 5.28. The highest BCUT2D eigenvalue weighted by Crippen LogP contribution is 2.25. The molecule has 3 nitrogen and oxygen atoms in total. The van der Waals surface area contributed by atoms with Crippen LogP contribution in [0.3, 0.4) is 0 Å². The van der Waals surface area contributed by atoms with Gasteiger partial charge < -0.3 is 5.11 Å². The average Bonchev–Trinajstić information content (AvgIpc) is 2.47. The Morgan fingerprint density at radius 2 is 2.36 bits per heavy atom. The highest BCUT2D eigenvalue weighted by Gasteiger charge is 2.09. The summed E-state index contributed by atoms with van der Waals surface area (Å²) in [5.74, 6) is -0.851. The van der Waals surface area contributed by atoms with Crippen LogP contribution in [0, 0.1) is 0 Å². The molecule has 72 valence electrons. The lowest BCUT2D eigenvalue weighted by Crippen LogP contribution is -1.97. The number of hydrogen-bond donors (Lipinski definition) is 1. The van der Waals surface area contributed by atoms with Gasteiger partial charge in [-0.1, -0.05) is 11.6 Å². The molecule has 0 unspecified atom stereocenters. The summed E-state index contributed by atoms with van der Waals surface area (Å²) >= 11 is 7.02. The summed E-state index contributed by atoms with van der Waals surface area (Å²) in [6.45, 7) is 0. The number of nitrogens with zero attached hydrogens (tertiary/aromatic N) is 1. The van der Waals surface area contributed by atoms with Crippen LogP contribution >= 0.6 is 23.1 Å². The lowest BCUT2D eigenvalue weighted by Gasteiger charge is -1.93. The number of benzene rings is 1. The van der Waals surface area contributed by atoms with Crippen LogP contribution in [-0.2, 0) is 11.2 Å². The van der Waals surface area contributed by atoms with E-state index < -0.39 is 5.97 Å². The normalized spacial score (nSPS) is 10.6. The molecule has 0 spiro atoms. The molecule has 0 amide bonds. The second kappa shape index (κ2) is 3.55. The zero-order valence-corrected chi connectivity index (χ0v) is 8.60. The summed E-state index contributed by atoms with van der Waals surface area (Å²) in [7, 11) is 0. The van der Waals surface area contributed by atoms with Crippen LogP contribution in [0.5, 0.6) is 0 Å². The van der Waals surface area contributed by atoms with Crippen molar-refractivity contribution in [2.45, 2.75) is 6.42 Å². The predicted octanol–water partition coefficient (Wildman–Crippen LogP) is 2.58. The Morgan fingerprint density at radius 1 is 1.57 bits per heavy atom. The fourth-order valence-corrected chi connectivity index (χ4v) is 2.22. The third-order valence-electron chi connectivity index (χ3n) is 1.82. The van der Waals surface area contributed by atoms with Gasteiger partial charge in [0, 0.05) is 15.3 Å². The van der Waals surface area contributed by atoms with Crippen LogP contribution in [0.2, 0.25) is 5.02 Å². The third kappa shape index (κ3) is 1.71. The van der Waals surface area contributed by atoms with Gasteiger partial charge in [-0.25, -0.2) is 0 Å². The van der Waals surface area contributed by atoms with Crippen LogP contribution < -0.4 is 0 Å². The lowest BCUT2D eigenvalue weighted by atomic mass is 10.2. The molecular formula is C9H6ClNO2S. The first kappa shape index (κ1) is 9.43. The van der Waals surface area contributed by atoms with Crippen molar-refractivity contribution in [2.75, 3.05) is 0 Å². The van der Waals surface area contributed by atoms with Gasteiger partial charge in [-0.2, -0.15) is 4.37 Å². The van der Waals surface area contributed by atoms with Crippen LogP contribution in [-0.4, -0.2) is 15.4 Å². The molecule has 0 aliphatic carbocycles. The van der Waals surface area contributed by atoms with Crippen molar-refractivity contribution < 1.29 is 9.90 Å². The maximum Gasteiger partial charge on any atom is 0.308 e. The molecule has 0 fully saturated rings. The van der Waals surface area contributed by atoms with E-state index >= 15 is 0 Å². The molecule has 0 aliphatic heterocycles. The Hall–Kier alpha value is -1.13. The van der Waals surface area contributed by atoms with E-state index in [-0.39, 0.29) is 6.42 Å². The number of carboxylic acid groups (broad SMARTS) is 1. The summed E-state index contributed by atoms with van der Waals surface area (Å²) in [6.07, 6.45) is 0.00150. The predicted molar refractivity (Wildman–Crippen MR) is 56.0 cm³/mol. The smallest absolute Gasteiger partial charge is 0.308 e. The monoisotopic (exact) mass is 227 g/mol. The van der Waals surface area contributed by atoms with Crippen molar-refractivity contribution in [3.63, 3.8) is 0 Å². The maximum absolute atomic E-state index is 10.5. The molecule has 2 rings (SSSR count). The van der Waals surface area contributed by atoms with E-state index in [1.807, 2.05) is 0 Å². The molecule has 1 aromatic heterocycles. The molecule has 0 saturated heterocycles. The lowest BCUT2D eigenvalue weighted by molar-refractivity contribution is -0.136. The van der Waals surface area contributed by atoms with Gasteiger partial charge in [0.25, 0.3) is 0 Å². The molecule has 5 heteroatoms. The number of carboxylic acids is 1. The molecule has 1 heterocycles. The number of aliphatic carboxylic acids is 1. The van der Waals surface area contributed by atoms with Gasteiger partial charge in [-0.3, -0.25) is 4.79 Å². The van der Waals surface area contributed by atoms with Crippen molar-refractivity contribution in [3.05, 3.63) is 28.1 Å². The van der Waals surface area contributed by atoms with Gasteiger partial charge >= 0.3 is 5.97 Å². The summed E-state index contributed by atoms with van der Waals surface area (Å²) in [5, 5.41) is 10.1. The van der Waals surface area contributed by atoms with Crippen molar-refractivity contribution >= 4 is 40.0 Å². The summed E-state index contributed by atoms with van der Waals surface area (Å²) < 4.78 is 4.13. The van der Waals surface area contributed by atoms with Crippen molar-refractivity contribution in [3.8, 4) is 0 Å². The van der Waals surface area contributed by atoms with Crippen molar-refractivity contribution in [1.29, 1.82) is 0 Å². The van der Waals surface area contributed by atoms with Gasteiger partial charge in [-0.15, -0.1) is 0 Å². The minimum Gasteiger partial charge on any atom is -0.481 e. The Bertz CT molecular complexity index is 495. The zero-order chi connectivity index (χ0) is 10.1. The van der Waals surface area contributed by atoms with E-state index in [1.54, 1.807) is 18.2 Å². The van der Waals surface area contributed by atoms with E-state index in [0.717, 1.165) is 15.8 Å². The molecule has 0 saturated carbocycles. The first-order chi connectivity index (χ1) is 6.66. The van der Waals surface area contributed by atoms with E-state index in [2.05, 4.69) is 4.37 Å². The summed E-state index contributed by atoms with van der Waals surface area (Å²) in [5.41, 5.74) is 0.802. The fourth-order valence-electron chi connectivity index (χ4n) is 1.23. The minimum absolute atomic E-state index is 0.00150. The van der Waals surface area contributed by atoms with Gasteiger partial charge in [0.2, 0.25) is 0 Å². The molecule has 14 heavy (non-hydrogen) atoms. The highest BCUT2D eigenvalue weighted by molar-refractivity contribution is 7.07. The largest absolute Gasteiger partial charge is 0.481 e. The topological polar surface area (TPSA) is 50.2 Å². The Morgan fingerprint density at radius 3 is 3.07 bits per heavy atom. The highest BCUT2D eigenvalue weighted by atomic mass is 35.5. The number of rotatable bonds is 2. The van der Waals surface area contributed by atoms with Gasteiger partial charge in [0.05, 0.1) is 11.9 Å². The van der Waals surface area contributed by atoms with Crippen molar-refractivity contribution in [2.24, 2.45) is 0 Å². The number of aromatic nitrogens is 1. The Kier molecular flexibility index (Phi) is 2.39. The van der Waals surface area contributed by atoms with Gasteiger partial charge in [0.1, 0.15) is 0 Å². The second-order valence-corrected chi connectivity index (χ2v) is 4.13. The molecule has 1 aromatic carbocycles. The number of fused-ring (bicyclic) bond motifs is 1. The maximum atomic E-state index is 10.5. The van der Waals surface area contributed by atoms with Crippen LogP contribution in [0.25, 0.3) is 10.9 Å². The Labute approximate surface area is 89.1 Å². The van der Waals surface area contributed by atoms with Gasteiger partial charge in [-0.05, 0) is 29.7 Å². The van der Waals surface area contributed by atoms with Crippen molar-refractivity contribution in [1.82, 2.24) is 4.37 Å². The zero-order valence-electron chi connectivity index (χ0n) is 7.03. The number of halogens is 1. The number of hydrogen-bond acceptors (Lipinski definition) is 3. The number of carbonyl (C=O) groups is 1. The van der Waals surface area contributed by atoms with Crippen LogP contribution in [0.15, 0.2) is 18.2 Å². The fraction of sp³-hybridized carbons (Fsp3) is 0.111. The summed E-state index contributed by atoms with van der Waals surface area (Å²) in [4.78, 5) is 11.3. The average molecular weight is 228 g/mol. The molecule has 0 atom stereocenters. The molecule has 0 aliphatic rings. The SMILES string of the molecule is O=C(O)Cc1snc2ccc(Cl)cc12. The van der Waals surface area contributed by atoms with E-state index in [4.69, 9.17) is 16.7 Å². The first-order valence-electron chi connectivity index (χ1n) is 3.92. The standard InChI is InChI=1S/C9H6ClNO2S/c10-5-1-2-7-6(3-5)8(14-11-7)4-9(12)13/h1-3H,4H2,(H,12,13). The van der Waals surface area contributed by atoms with E-state index in [0.29, 0.717) is 5.02 Å². The molecule has 0 radical (unpaired) electrons. The molecule has 2 aromatic rings. The van der Waals surface area contributed by atoms with Crippen LogP contribution in [0.4, 0.5) is 0 Å². The van der Waals surface area contributed by atoms with E-state index in [9.17, 15) is 4.79 Å². The molecule has 1 N–H and O–H groups in total. The molecule has 0 bridgehead atoms. The third-order valence-corrected chi connectivity index (χ3v) is 2.93. The molecular weight excluding hydrogens is 222 g/mol. The minimum atomic E-state index is -0.851. The first-order valence-corrected chi connectivity index (χ1v) is 5.07.